The lowest BCUT2D eigenvalue weighted by Gasteiger charge is -1.97. The monoisotopic (exact) mass is 774 g/mol. The van der Waals surface area contributed by atoms with E-state index in [0.717, 1.165) is 60.4 Å². The van der Waals surface area contributed by atoms with Gasteiger partial charge in [0.25, 0.3) is 0 Å². The van der Waals surface area contributed by atoms with Crippen LogP contribution in [0.15, 0.2) is 51.0 Å². The van der Waals surface area contributed by atoms with E-state index < -0.39 is 0 Å². The van der Waals surface area contributed by atoms with Gasteiger partial charge in [0.2, 0.25) is 0 Å². The fraction of sp³-hybridized carbons (Fsp3) is 0.0833. The molecule has 0 radical (unpaired) electrons. The van der Waals surface area contributed by atoms with E-state index in [2.05, 4.69) is 102 Å². The van der Waals surface area contributed by atoms with Crippen molar-refractivity contribution >= 4 is 152 Å². The van der Waals surface area contributed by atoms with Crippen LogP contribution >= 0.6 is 109 Å². The number of aryl methyl sites for hydroxylation is 2. The number of rotatable bonds is 2. The second-order valence-electron chi connectivity index (χ2n) is 7.92. The van der Waals surface area contributed by atoms with E-state index >= 15 is 0 Å². The quantitative estimate of drug-likeness (QED) is 0.175. The maximum absolute atomic E-state index is 6.40. The number of thiophene rings is 4. The number of hydrogen-bond acceptors (Lipinski definition) is 6. The summed E-state index contributed by atoms with van der Waals surface area (Å²) < 4.78 is 19.3. The molecule has 10 heteroatoms. The van der Waals surface area contributed by atoms with Gasteiger partial charge in [0.05, 0.1) is 37.9 Å². The van der Waals surface area contributed by atoms with Gasteiger partial charge >= 0.3 is 0 Å². The summed E-state index contributed by atoms with van der Waals surface area (Å²) in [7, 11) is 0. The molecule has 0 aliphatic rings. The fourth-order valence-electron chi connectivity index (χ4n) is 4.20. The maximum atomic E-state index is 6.40. The van der Waals surface area contributed by atoms with E-state index in [4.69, 9.17) is 8.83 Å². The first-order valence-corrected chi connectivity index (χ1v) is 16.5. The smallest absolute Gasteiger partial charge is 0.161 e. The molecule has 2 nitrogen and oxygen atoms in total. The Hall–Kier alpha value is -0.460. The van der Waals surface area contributed by atoms with Crippen molar-refractivity contribution in [2.75, 3.05) is 0 Å². The van der Waals surface area contributed by atoms with Crippen LogP contribution in [0, 0.1) is 13.8 Å². The number of hydrogen-bond donors (Lipinski definition) is 0. The maximum Gasteiger partial charge on any atom is 0.161 e. The van der Waals surface area contributed by atoms with E-state index in [0.29, 0.717) is 0 Å². The normalized spacial score (nSPS) is 12.4. The average Bonchev–Trinajstić information content (AvgIpc) is 3.59. The SMILES string of the molecule is Cc1cc(Br)c(-c2sc3c(oc4cc5c(cc43)oc3c(Br)c(-c4sc(C)cc4Br)sc35)c2Br)s1. The predicted molar refractivity (Wildman–Crippen MR) is 164 cm³/mol. The lowest BCUT2D eigenvalue weighted by atomic mass is 10.2. The molecule has 0 spiro atoms. The van der Waals surface area contributed by atoms with Crippen LogP contribution in [-0.4, -0.2) is 0 Å². The van der Waals surface area contributed by atoms with Crippen molar-refractivity contribution in [2.45, 2.75) is 13.8 Å². The second kappa shape index (κ2) is 8.02. The Morgan fingerprint density at radius 2 is 0.971 bits per heavy atom. The van der Waals surface area contributed by atoms with Crippen molar-refractivity contribution in [1.82, 2.24) is 0 Å². The summed E-state index contributed by atoms with van der Waals surface area (Å²) in [5, 5.41) is 2.16. The summed E-state index contributed by atoms with van der Waals surface area (Å²) >= 11 is 22.1. The Morgan fingerprint density at radius 1 is 0.559 bits per heavy atom. The topological polar surface area (TPSA) is 26.3 Å². The average molecular weight is 778 g/mol. The number of furan rings is 2. The largest absolute Gasteiger partial charge is 0.454 e. The van der Waals surface area contributed by atoms with Crippen molar-refractivity contribution in [3.63, 3.8) is 0 Å². The molecular formula is C24H10Br4O2S4. The first kappa shape index (κ1) is 22.7. The predicted octanol–water partition coefficient (Wildman–Crippen LogP) is 12.7. The zero-order chi connectivity index (χ0) is 23.5. The molecule has 7 aromatic rings. The Balaban J connectivity index is 1.46. The highest BCUT2D eigenvalue weighted by atomic mass is 79.9. The molecule has 0 aliphatic heterocycles. The Bertz CT molecular complexity index is 1800. The molecule has 0 saturated carbocycles. The van der Waals surface area contributed by atoms with Gasteiger partial charge in [0.1, 0.15) is 11.2 Å². The van der Waals surface area contributed by atoms with Crippen LogP contribution < -0.4 is 0 Å². The van der Waals surface area contributed by atoms with Gasteiger partial charge in [-0.1, -0.05) is 0 Å². The molecular weight excluding hydrogens is 768 g/mol. The fourth-order valence-corrected chi connectivity index (χ4v) is 12.7. The van der Waals surface area contributed by atoms with Gasteiger partial charge < -0.3 is 8.83 Å². The Labute approximate surface area is 243 Å². The molecule has 7 rings (SSSR count). The van der Waals surface area contributed by atoms with E-state index in [1.54, 1.807) is 45.3 Å². The van der Waals surface area contributed by atoms with Crippen molar-refractivity contribution in [3.8, 4) is 19.5 Å². The first-order valence-electron chi connectivity index (χ1n) is 10.0. The van der Waals surface area contributed by atoms with Crippen LogP contribution in [0.1, 0.15) is 9.75 Å². The highest BCUT2D eigenvalue weighted by molar-refractivity contribution is 9.11. The molecule has 34 heavy (non-hydrogen) atoms. The van der Waals surface area contributed by atoms with Gasteiger partial charge in [-0.3, -0.25) is 0 Å². The van der Waals surface area contributed by atoms with Gasteiger partial charge in [0, 0.05) is 29.5 Å². The molecule has 1 aromatic carbocycles. The Kier molecular flexibility index (Phi) is 5.36. The minimum atomic E-state index is 0.879. The third-order valence-corrected chi connectivity index (χ3v) is 14.3. The molecule has 170 valence electrons. The highest BCUT2D eigenvalue weighted by Crippen LogP contribution is 2.53. The molecule has 0 aliphatic carbocycles. The van der Waals surface area contributed by atoms with Crippen LogP contribution in [0.5, 0.6) is 0 Å². The third kappa shape index (κ3) is 3.22. The van der Waals surface area contributed by atoms with Gasteiger partial charge in [0.15, 0.2) is 11.2 Å². The van der Waals surface area contributed by atoms with Gasteiger partial charge in [-0.25, -0.2) is 0 Å². The van der Waals surface area contributed by atoms with E-state index in [-0.39, 0.29) is 0 Å². The van der Waals surface area contributed by atoms with Crippen LogP contribution in [0.2, 0.25) is 0 Å². The van der Waals surface area contributed by atoms with Gasteiger partial charge in [-0.15, -0.1) is 45.3 Å². The zero-order valence-electron chi connectivity index (χ0n) is 17.3. The van der Waals surface area contributed by atoms with Crippen LogP contribution in [0.25, 0.3) is 62.0 Å². The summed E-state index contributed by atoms with van der Waals surface area (Å²) in [6.07, 6.45) is 0. The highest BCUT2D eigenvalue weighted by Gasteiger charge is 2.25. The van der Waals surface area contributed by atoms with E-state index in [1.807, 2.05) is 0 Å². The number of halogens is 4. The van der Waals surface area contributed by atoms with E-state index in [1.165, 1.54) is 29.3 Å². The first-order chi connectivity index (χ1) is 16.3. The van der Waals surface area contributed by atoms with Crippen molar-refractivity contribution in [3.05, 3.63) is 51.9 Å². The van der Waals surface area contributed by atoms with Crippen molar-refractivity contribution < 1.29 is 8.83 Å². The standard InChI is InChI=1S/C24H10Br4O2S4/c1-7-3-11(25)21(31-7)23-15(27)17-19(33-23)9-5-14-10(6-13(9)29-17)20-18(30-14)16(28)24(34-20)22-12(26)4-8(2)32-22/h3-6H,1-2H3. The van der Waals surface area contributed by atoms with E-state index in [9.17, 15) is 0 Å². The zero-order valence-corrected chi connectivity index (χ0v) is 26.9. The van der Waals surface area contributed by atoms with Gasteiger partial charge in [-0.2, -0.15) is 0 Å². The summed E-state index contributed by atoms with van der Waals surface area (Å²) in [5.74, 6) is 0. The molecule has 6 aromatic heterocycles. The lowest BCUT2D eigenvalue weighted by molar-refractivity contribution is 0.663. The molecule has 0 amide bonds. The summed E-state index contributed by atoms with van der Waals surface area (Å²) in [5.41, 5.74) is 3.54. The second-order valence-corrected chi connectivity index (χ2v) is 15.8. The molecule has 0 unspecified atom stereocenters. The minimum Gasteiger partial charge on any atom is -0.454 e. The van der Waals surface area contributed by atoms with Gasteiger partial charge in [-0.05, 0) is 102 Å². The molecule has 6 heterocycles. The number of fused-ring (bicyclic) bond motifs is 6. The third-order valence-electron chi connectivity index (χ3n) is 5.65. The molecule has 0 N–H and O–H groups in total. The van der Waals surface area contributed by atoms with Crippen molar-refractivity contribution in [1.29, 1.82) is 0 Å². The summed E-state index contributed by atoms with van der Waals surface area (Å²) in [4.78, 5) is 7.36. The molecule has 0 atom stereocenters. The lowest BCUT2D eigenvalue weighted by Crippen LogP contribution is -1.69. The molecule has 0 saturated heterocycles. The summed E-state index contributed by atoms with van der Waals surface area (Å²) in [6, 6.07) is 8.57. The van der Waals surface area contributed by atoms with Crippen molar-refractivity contribution in [2.24, 2.45) is 0 Å². The van der Waals surface area contributed by atoms with Crippen LogP contribution in [0.3, 0.4) is 0 Å². The summed E-state index contributed by atoms with van der Waals surface area (Å²) in [6.45, 7) is 4.25. The minimum absolute atomic E-state index is 0.879. The molecule has 0 bridgehead atoms. The number of benzene rings is 1. The Morgan fingerprint density at radius 3 is 1.32 bits per heavy atom. The molecule has 0 fully saturated rings. The van der Waals surface area contributed by atoms with Crippen LogP contribution in [0.4, 0.5) is 0 Å². The van der Waals surface area contributed by atoms with Crippen LogP contribution in [-0.2, 0) is 0 Å².